The van der Waals surface area contributed by atoms with Crippen LogP contribution < -0.4 is 11.1 Å². The van der Waals surface area contributed by atoms with Gasteiger partial charge < -0.3 is 16.2 Å². The van der Waals surface area contributed by atoms with Crippen LogP contribution in [0.4, 0.5) is 5.69 Å². The minimum Gasteiger partial charge on any atom is -0.389 e. The summed E-state index contributed by atoms with van der Waals surface area (Å²) in [5, 5.41) is 12.7. The van der Waals surface area contributed by atoms with E-state index in [0.717, 1.165) is 11.3 Å². The summed E-state index contributed by atoms with van der Waals surface area (Å²) >= 11 is 0. The van der Waals surface area contributed by atoms with Gasteiger partial charge in [0, 0.05) is 18.8 Å². The van der Waals surface area contributed by atoms with Gasteiger partial charge in [-0.15, -0.1) is 0 Å². The van der Waals surface area contributed by atoms with Crippen molar-refractivity contribution in [1.29, 1.82) is 0 Å². The molecule has 1 atom stereocenters. The van der Waals surface area contributed by atoms with Gasteiger partial charge >= 0.3 is 0 Å². The molecular formula is C15H25N3O2. The summed E-state index contributed by atoms with van der Waals surface area (Å²) in [6, 6.07) is 7.14. The maximum Gasteiger partial charge on any atom is 0.241 e. The van der Waals surface area contributed by atoms with Gasteiger partial charge in [-0.25, -0.2) is 0 Å². The fourth-order valence-electron chi connectivity index (χ4n) is 2.00. The molecule has 0 aliphatic rings. The van der Waals surface area contributed by atoms with E-state index in [-0.39, 0.29) is 11.9 Å². The number of carbonyl (C=O) groups excluding carboxylic acids is 1. The fourth-order valence-corrected chi connectivity index (χ4v) is 2.00. The van der Waals surface area contributed by atoms with Crippen molar-refractivity contribution in [2.45, 2.75) is 39.0 Å². The van der Waals surface area contributed by atoms with Gasteiger partial charge in [0.1, 0.15) is 0 Å². The number of para-hydroxylation sites is 1. The second-order valence-electron chi connectivity index (χ2n) is 5.75. The van der Waals surface area contributed by atoms with Gasteiger partial charge in [0.15, 0.2) is 0 Å². The molecule has 0 radical (unpaired) electrons. The molecule has 1 amide bonds. The molecule has 1 unspecified atom stereocenters. The van der Waals surface area contributed by atoms with Crippen LogP contribution in [0.2, 0.25) is 0 Å². The van der Waals surface area contributed by atoms with Crippen molar-refractivity contribution in [3.05, 3.63) is 29.8 Å². The first-order valence-electron chi connectivity index (χ1n) is 6.76. The Morgan fingerprint density at radius 3 is 2.60 bits per heavy atom. The third kappa shape index (κ3) is 4.92. The summed E-state index contributed by atoms with van der Waals surface area (Å²) in [6.45, 7) is 6.05. The van der Waals surface area contributed by atoms with E-state index in [0.29, 0.717) is 13.1 Å². The third-order valence-electron chi connectivity index (χ3n) is 3.17. The lowest BCUT2D eigenvalue weighted by molar-refractivity contribution is -0.121. The number of likely N-dealkylation sites (N-methyl/N-ethyl adjacent to an activating group) is 1. The van der Waals surface area contributed by atoms with E-state index in [2.05, 4.69) is 5.32 Å². The Kier molecular flexibility index (Phi) is 5.68. The van der Waals surface area contributed by atoms with E-state index in [1.807, 2.05) is 43.1 Å². The minimum atomic E-state index is -0.835. The van der Waals surface area contributed by atoms with Crippen LogP contribution in [0, 0.1) is 0 Å². The van der Waals surface area contributed by atoms with E-state index >= 15 is 0 Å². The Balaban J connectivity index is 2.70. The SMILES string of the molecule is CC(C(=O)Nc1ccccc1CN)N(C)CC(C)(C)O. The number of nitrogens with zero attached hydrogens (tertiary/aromatic N) is 1. The predicted octanol–water partition coefficient (Wildman–Crippen LogP) is 1.18. The van der Waals surface area contributed by atoms with Crippen molar-refractivity contribution in [2.75, 3.05) is 18.9 Å². The summed E-state index contributed by atoms with van der Waals surface area (Å²) in [7, 11) is 1.82. The van der Waals surface area contributed by atoms with Crippen molar-refractivity contribution in [2.24, 2.45) is 5.73 Å². The largest absolute Gasteiger partial charge is 0.389 e. The number of hydrogen-bond acceptors (Lipinski definition) is 4. The number of anilines is 1. The van der Waals surface area contributed by atoms with Gasteiger partial charge in [0.2, 0.25) is 5.91 Å². The summed E-state index contributed by atoms with van der Waals surface area (Å²) < 4.78 is 0. The van der Waals surface area contributed by atoms with Gasteiger partial charge in [0.25, 0.3) is 0 Å². The monoisotopic (exact) mass is 279 g/mol. The first kappa shape index (κ1) is 16.6. The zero-order chi connectivity index (χ0) is 15.3. The molecular weight excluding hydrogens is 254 g/mol. The highest BCUT2D eigenvalue weighted by Gasteiger charge is 2.24. The summed E-state index contributed by atoms with van der Waals surface area (Å²) in [5.41, 5.74) is 6.46. The molecule has 0 aromatic heterocycles. The normalized spacial score (nSPS) is 13.3. The van der Waals surface area contributed by atoms with Crippen LogP contribution in [0.25, 0.3) is 0 Å². The highest BCUT2D eigenvalue weighted by Crippen LogP contribution is 2.15. The molecule has 0 saturated carbocycles. The zero-order valence-electron chi connectivity index (χ0n) is 12.7. The maximum atomic E-state index is 12.2. The summed E-state index contributed by atoms with van der Waals surface area (Å²) in [5.74, 6) is -0.113. The van der Waals surface area contributed by atoms with Crippen LogP contribution in [0.15, 0.2) is 24.3 Å². The Morgan fingerprint density at radius 2 is 2.05 bits per heavy atom. The number of amides is 1. The zero-order valence-corrected chi connectivity index (χ0v) is 12.7. The van der Waals surface area contributed by atoms with E-state index < -0.39 is 5.60 Å². The number of carbonyl (C=O) groups is 1. The first-order valence-corrected chi connectivity index (χ1v) is 6.76. The van der Waals surface area contributed by atoms with Gasteiger partial charge in [-0.3, -0.25) is 9.69 Å². The lowest BCUT2D eigenvalue weighted by atomic mass is 10.1. The number of nitrogens with one attached hydrogen (secondary N) is 1. The highest BCUT2D eigenvalue weighted by atomic mass is 16.3. The summed E-state index contributed by atoms with van der Waals surface area (Å²) in [4.78, 5) is 14.1. The maximum absolute atomic E-state index is 12.2. The third-order valence-corrected chi connectivity index (χ3v) is 3.17. The number of rotatable bonds is 6. The molecule has 4 N–H and O–H groups in total. The molecule has 1 aromatic rings. The molecule has 0 aliphatic heterocycles. The quantitative estimate of drug-likeness (QED) is 0.730. The Labute approximate surface area is 120 Å². The predicted molar refractivity (Wildman–Crippen MR) is 81.4 cm³/mol. The molecule has 1 rings (SSSR count). The van der Waals surface area contributed by atoms with E-state index in [9.17, 15) is 9.90 Å². The smallest absolute Gasteiger partial charge is 0.241 e. The molecule has 5 heteroatoms. The van der Waals surface area contributed by atoms with Gasteiger partial charge in [-0.1, -0.05) is 18.2 Å². The van der Waals surface area contributed by atoms with Gasteiger partial charge in [-0.05, 0) is 39.4 Å². The van der Waals surface area contributed by atoms with E-state index in [1.165, 1.54) is 0 Å². The minimum absolute atomic E-state index is 0.113. The molecule has 0 heterocycles. The summed E-state index contributed by atoms with van der Waals surface area (Å²) in [6.07, 6.45) is 0. The topological polar surface area (TPSA) is 78.6 Å². The number of benzene rings is 1. The molecule has 1 aromatic carbocycles. The molecule has 0 fully saturated rings. The van der Waals surface area contributed by atoms with Crippen LogP contribution in [0.1, 0.15) is 26.3 Å². The molecule has 112 valence electrons. The molecule has 0 saturated heterocycles. The van der Waals surface area contributed by atoms with Gasteiger partial charge in [-0.2, -0.15) is 0 Å². The molecule has 0 spiro atoms. The fraction of sp³-hybridized carbons (Fsp3) is 0.533. The second kappa shape index (κ2) is 6.83. The van der Waals surface area contributed by atoms with E-state index in [1.54, 1.807) is 13.8 Å². The van der Waals surface area contributed by atoms with Crippen LogP contribution in [0.3, 0.4) is 0 Å². The lowest BCUT2D eigenvalue weighted by Gasteiger charge is -2.29. The molecule has 0 bridgehead atoms. The van der Waals surface area contributed by atoms with Crippen LogP contribution in [0.5, 0.6) is 0 Å². The second-order valence-corrected chi connectivity index (χ2v) is 5.75. The van der Waals surface area contributed by atoms with Crippen molar-refractivity contribution in [1.82, 2.24) is 4.90 Å². The number of aliphatic hydroxyl groups is 1. The van der Waals surface area contributed by atoms with Crippen LogP contribution >= 0.6 is 0 Å². The average molecular weight is 279 g/mol. The average Bonchev–Trinajstić information content (AvgIpc) is 2.36. The standard InChI is InChI=1S/C15H25N3O2/c1-11(18(4)10-15(2,3)20)14(19)17-13-8-6-5-7-12(13)9-16/h5-8,11,20H,9-10,16H2,1-4H3,(H,17,19). The van der Waals surface area contributed by atoms with Crippen molar-refractivity contribution in [3.63, 3.8) is 0 Å². The molecule has 5 nitrogen and oxygen atoms in total. The number of hydrogen-bond donors (Lipinski definition) is 3. The number of nitrogens with two attached hydrogens (primary N) is 1. The van der Waals surface area contributed by atoms with Crippen LogP contribution in [-0.2, 0) is 11.3 Å². The molecule has 0 aliphatic carbocycles. The first-order chi connectivity index (χ1) is 9.24. The Bertz CT molecular complexity index is 455. The van der Waals surface area contributed by atoms with Crippen molar-refractivity contribution < 1.29 is 9.90 Å². The highest BCUT2D eigenvalue weighted by molar-refractivity contribution is 5.95. The Morgan fingerprint density at radius 1 is 1.45 bits per heavy atom. The van der Waals surface area contributed by atoms with E-state index in [4.69, 9.17) is 5.73 Å². The Hall–Kier alpha value is -1.43. The van der Waals surface area contributed by atoms with Crippen molar-refractivity contribution in [3.8, 4) is 0 Å². The lowest BCUT2D eigenvalue weighted by Crippen LogP contribution is -2.46. The molecule has 20 heavy (non-hydrogen) atoms. The van der Waals surface area contributed by atoms with Crippen LogP contribution in [-0.4, -0.2) is 41.1 Å². The van der Waals surface area contributed by atoms with Gasteiger partial charge in [0.05, 0.1) is 11.6 Å². The van der Waals surface area contributed by atoms with Crippen molar-refractivity contribution >= 4 is 11.6 Å².